The lowest BCUT2D eigenvalue weighted by atomic mass is 10.1. The largest absolute Gasteiger partial charge is 0.450 e. The molecule has 4 amide bonds. The topological polar surface area (TPSA) is 163 Å². The highest BCUT2D eigenvalue weighted by atomic mass is 19.1. The second kappa shape index (κ2) is 10.8. The highest BCUT2D eigenvalue weighted by molar-refractivity contribution is 6.03. The van der Waals surface area contributed by atoms with Gasteiger partial charge in [-0.3, -0.25) is 24.0 Å². The van der Waals surface area contributed by atoms with Crippen molar-refractivity contribution in [1.29, 1.82) is 0 Å². The Morgan fingerprint density at radius 2 is 1.23 bits per heavy atom. The first kappa shape index (κ1) is 29.2. The number of hydrogen-bond donors (Lipinski definition) is 5. The normalized spacial score (nSPS) is 13.7. The molecule has 0 spiro atoms. The van der Waals surface area contributed by atoms with Crippen LogP contribution in [0.2, 0.25) is 0 Å². The van der Waals surface area contributed by atoms with Crippen LogP contribution in [0.5, 0.6) is 0 Å². The molecule has 208 valence electrons. The summed E-state index contributed by atoms with van der Waals surface area (Å²) in [6, 6.07) is 5.09. The van der Waals surface area contributed by atoms with Crippen molar-refractivity contribution in [3.8, 4) is 0 Å². The van der Waals surface area contributed by atoms with E-state index in [9.17, 15) is 37.9 Å². The van der Waals surface area contributed by atoms with Crippen molar-refractivity contribution in [2.45, 2.75) is 58.7 Å². The molecule has 0 radical (unpaired) electrons. The molecule has 0 unspecified atom stereocenters. The first-order chi connectivity index (χ1) is 18.0. The lowest BCUT2D eigenvalue weighted by Crippen LogP contribution is -2.41. The van der Waals surface area contributed by atoms with Crippen molar-refractivity contribution in [3.05, 3.63) is 47.0 Å². The summed E-state index contributed by atoms with van der Waals surface area (Å²) in [4.78, 5) is 56.9. The summed E-state index contributed by atoms with van der Waals surface area (Å²) in [5, 5.41) is 19.2. The van der Waals surface area contributed by atoms with Crippen molar-refractivity contribution in [2.75, 3.05) is 21.3 Å². The Labute approximate surface area is 222 Å². The molecule has 2 aromatic carbocycles. The number of nitrogens with one attached hydrogen (secondary N) is 4. The third-order valence-electron chi connectivity index (χ3n) is 5.63. The van der Waals surface area contributed by atoms with Crippen LogP contribution in [0.15, 0.2) is 24.3 Å². The van der Waals surface area contributed by atoms with Gasteiger partial charge in [0, 0.05) is 18.3 Å². The molecule has 2 aliphatic rings. The minimum Gasteiger partial charge on any atom is -0.450 e. The van der Waals surface area contributed by atoms with Crippen LogP contribution in [0, 0.1) is 11.6 Å². The third-order valence-corrected chi connectivity index (χ3v) is 5.63. The van der Waals surface area contributed by atoms with Gasteiger partial charge in [-0.25, -0.2) is 8.78 Å². The van der Waals surface area contributed by atoms with E-state index < -0.39 is 40.6 Å². The molecule has 2 aromatic rings. The van der Waals surface area contributed by atoms with Crippen molar-refractivity contribution < 1.29 is 42.6 Å². The minimum atomic E-state index is -1.60. The Hall–Kier alpha value is -4.39. The Kier molecular flexibility index (Phi) is 8.05. The molecule has 0 atom stereocenters. The number of ether oxygens (including phenoxy) is 1. The fraction of sp³-hybridized carbons (Fsp3) is 0.346. The number of anilines is 4. The van der Waals surface area contributed by atoms with Crippen molar-refractivity contribution in [3.63, 3.8) is 0 Å². The number of benzene rings is 2. The number of fused-ring (bicyclic) bond motifs is 2. The lowest BCUT2D eigenvalue weighted by Gasteiger charge is -2.23. The van der Waals surface area contributed by atoms with Gasteiger partial charge < -0.3 is 31.1 Å². The smallest absolute Gasteiger partial charge is 0.303 e. The van der Waals surface area contributed by atoms with Gasteiger partial charge in [-0.15, -0.1) is 0 Å². The van der Waals surface area contributed by atoms with Gasteiger partial charge in [-0.2, -0.15) is 0 Å². The third kappa shape index (κ3) is 7.13. The zero-order valence-corrected chi connectivity index (χ0v) is 21.9. The van der Waals surface area contributed by atoms with Gasteiger partial charge in [0.15, 0.2) is 5.60 Å². The monoisotopic (exact) mass is 546 g/mol. The number of hydrogen-bond acceptors (Lipinski definition) is 7. The van der Waals surface area contributed by atoms with E-state index in [1.165, 1.54) is 58.9 Å². The summed E-state index contributed by atoms with van der Waals surface area (Å²) in [5.74, 6) is -3.73. The molecule has 0 saturated heterocycles. The predicted molar refractivity (Wildman–Crippen MR) is 137 cm³/mol. The number of halogens is 2. The van der Waals surface area contributed by atoms with Gasteiger partial charge in [0.25, 0.3) is 11.8 Å². The second-order valence-electron chi connectivity index (χ2n) is 10.00. The maximum atomic E-state index is 13.9. The first-order valence-corrected chi connectivity index (χ1v) is 11.8. The van der Waals surface area contributed by atoms with Crippen LogP contribution in [0.1, 0.15) is 45.7 Å². The molecule has 13 heteroatoms. The Morgan fingerprint density at radius 3 is 1.62 bits per heavy atom. The van der Waals surface area contributed by atoms with Gasteiger partial charge in [0.1, 0.15) is 17.2 Å². The summed E-state index contributed by atoms with van der Waals surface area (Å²) >= 11 is 0. The molecule has 0 aliphatic carbocycles. The predicted octanol–water partition coefficient (Wildman–Crippen LogP) is 2.63. The number of rotatable bonds is 5. The van der Waals surface area contributed by atoms with E-state index in [4.69, 9.17) is 4.74 Å². The van der Waals surface area contributed by atoms with Crippen LogP contribution >= 0.6 is 0 Å². The molecule has 39 heavy (non-hydrogen) atoms. The SMILES string of the molecule is CC(=O)OC(C)(C)C(=O)Nc1cc2c(cc1F)CC(=O)N2.CC(C)(O)C(=O)Nc1cc2c(cc1F)CC(=O)N2. The molecule has 11 nitrogen and oxygen atoms in total. The summed E-state index contributed by atoms with van der Waals surface area (Å²) in [7, 11) is 0. The fourth-order valence-electron chi connectivity index (χ4n) is 3.63. The molecule has 2 aliphatic heterocycles. The Balaban J connectivity index is 0.000000218. The van der Waals surface area contributed by atoms with E-state index in [0.29, 0.717) is 22.5 Å². The van der Waals surface area contributed by atoms with Crippen molar-refractivity contribution in [1.82, 2.24) is 0 Å². The summed E-state index contributed by atoms with van der Waals surface area (Å²) < 4.78 is 32.5. The van der Waals surface area contributed by atoms with Crippen LogP contribution in [0.25, 0.3) is 0 Å². The zero-order valence-electron chi connectivity index (χ0n) is 21.9. The average Bonchev–Trinajstić information content (AvgIpc) is 3.32. The molecular formula is C26H28F2N4O7. The van der Waals surface area contributed by atoms with Gasteiger partial charge in [0.2, 0.25) is 11.8 Å². The molecule has 0 aromatic heterocycles. The van der Waals surface area contributed by atoms with Crippen LogP contribution < -0.4 is 21.3 Å². The minimum absolute atomic E-state index is 0.0666. The molecule has 0 bridgehead atoms. The maximum absolute atomic E-state index is 13.9. The van der Waals surface area contributed by atoms with Crippen LogP contribution in [-0.2, 0) is 41.6 Å². The van der Waals surface area contributed by atoms with Crippen LogP contribution in [0.4, 0.5) is 31.5 Å². The second-order valence-corrected chi connectivity index (χ2v) is 10.00. The van der Waals surface area contributed by atoms with Gasteiger partial charge in [0.05, 0.1) is 24.2 Å². The molecule has 5 N–H and O–H groups in total. The van der Waals surface area contributed by atoms with Crippen LogP contribution in [0.3, 0.4) is 0 Å². The van der Waals surface area contributed by atoms with Gasteiger partial charge in [-0.05, 0) is 63.1 Å². The van der Waals surface area contributed by atoms with Gasteiger partial charge >= 0.3 is 5.97 Å². The Bertz CT molecular complexity index is 1380. The molecule has 0 fully saturated rings. The number of amides is 4. The number of aliphatic hydroxyl groups is 1. The van der Waals surface area contributed by atoms with E-state index in [1.807, 2.05) is 0 Å². The fourth-order valence-corrected chi connectivity index (χ4v) is 3.63. The number of carbonyl (C=O) groups excluding carboxylic acids is 5. The number of esters is 1. The standard InChI is InChI=1S/C14H15FN2O4.C12H13FN2O3/c1-7(18)21-14(2,3)13(20)17-11-6-10-8(4-9(11)15)5-12(19)16-10;1-12(2,18)11(17)15-9-5-8-6(3-7(9)13)4-10(16)14-8/h4,6H,5H2,1-3H3,(H,16,19)(H,17,20);3,5,18H,4H2,1-2H3,(H,14,16)(H,15,17). The quantitative estimate of drug-likeness (QED) is 0.360. The zero-order chi connectivity index (χ0) is 29.3. The van der Waals surface area contributed by atoms with E-state index in [1.54, 1.807) is 0 Å². The van der Waals surface area contributed by atoms with Crippen molar-refractivity contribution >= 4 is 52.3 Å². The highest BCUT2D eigenvalue weighted by Gasteiger charge is 2.32. The highest BCUT2D eigenvalue weighted by Crippen LogP contribution is 2.30. The molecule has 4 rings (SSSR count). The maximum Gasteiger partial charge on any atom is 0.303 e. The van der Waals surface area contributed by atoms with Gasteiger partial charge in [-0.1, -0.05) is 0 Å². The molecule has 2 heterocycles. The average molecular weight is 547 g/mol. The molecule has 0 saturated carbocycles. The number of carbonyl (C=O) groups is 5. The van der Waals surface area contributed by atoms with Crippen LogP contribution in [-0.4, -0.2) is 45.9 Å². The van der Waals surface area contributed by atoms with E-state index in [-0.39, 0.29) is 36.0 Å². The van der Waals surface area contributed by atoms with Crippen molar-refractivity contribution in [2.24, 2.45) is 0 Å². The van der Waals surface area contributed by atoms with E-state index in [2.05, 4.69) is 21.3 Å². The summed E-state index contributed by atoms with van der Waals surface area (Å²) in [5.41, 5.74) is -1.15. The van der Waals surface area contributed by atoms with E-state index in [0.717, 1.165) is 0 Å². The Morgan fingerprint density at radius 1 is 0.821 bits per heavy atom. The summed E-state index contributed by atoms with van der Waals surface area (Å²) in [6.07, 6.45) is 0.241. The lowest BCUT2D eigenvalue weighted by molar-refractivity contribution is -0.160. The first-order valence-electron chi connectivity index (χ1n) is 11.8. The van der Waals surface area contributed by atoms with E-state index >= 15 is 0 Å². The molecular weight excluding hydrogens is 518 g/mol. The summed E-state index contributed by atoms with van der Waals surface area (Å²) in [6.45, 7) is 6.58.